The first-order valence-electron chi connectivity index (χ1n) is 7.35. The Morgan fingerprint density at radius 2 is 1.76 bits per heavy atom. The molecule has 17 heavy (non-hydrogen) atoms. The lowest BCUT2D eigenvalue weighted by Gasteiger charge is -2.46. The Morgan fingerprint density at radius 1 is 1.12 bits per heavy atom. The van der Waals surface area contributed by atoms with Gasteiger partial charge in [0.15, 0.2) is 0 Å². The first kappa shape index (κ1) is 13.3. The molecular formula is C14H29N3. The predicted molar refractivity (Wildman–Crippen MR) is 72.6 cm³/mol. The fourth-order valence-electron chi connectivity index (χ4n) is 3.66. The quantitative estimate of drug-likeness (QED) is 0.794. The maximum Gasteiger partial charge on any atom is 0.0473 e. The van der Waals surface area contributed by atoms with Crippen LogP contribution in [0.3, 0.4) is 0 Å². The second-order valence-electron chi connectivity index (χ2n) is 6.30. The summed E-state index contributed by atoms with van der Waals surface area (Å²) in [7, 11) is 0. The average molecular weight is 239 g/mol. The summed E-state index contributed by atoms with van der Waals surface area (Å²) in [4.78, 5) is 0. The predicted octanol–water partition coefficient (Wildman–Crippen LogP) is 2.27. The number of piperidine rings is 1. The highest BCUT2D eigenvalue weighted by molar-refractivity contribution is 4.98. The zero-order valence-corrected chi connectivity index (χ0v) is 11.7. The van der Waals surface area contributed by atoms with Crippen LogP contribution in [-0.2, 0) is 0 Å². The van der Waals surface area contributed by atoms with Crippen LogP contribution >= 0.6 is 0 Å². The van der Waals surface area contributed by atoms with Gasteiger partial charge >= 0.3 is 0 Å². The number of hydrazine groups is 1. The molecule has 1 aliphatic carbocycles. The third-order valence-electron chi connectivity index (χ3n) is 5.11. The fraction of sp³-hybridized carbons (Fsp3) is 1.00. The van der Waals surface area contributed by atoms with Gasteiger partial charge in [0.2, 0.25) is 0 Å². The number of hydrogen-bond acceptors (Lipinski definition) is 3. The van der Waals surface area contributed by atoms with E-state index < -0.39 is 0 Å². The van der Waals surface area contributed by atoms with Crippen molar-refractivity contribution in [2.45, 2.75) is 76.9 Å². The van der Waals surface area contributed by atoms with Crippen LogP contribution in [0.25, 0.3) is 0 Å². The van der Waals surface area contributed by atoms with E-state index in [9.17, 15) is 0 Å². The second kappa shape index (κ2) is 5.25. The van der Waals surface area contributed by atoms with Crippen molar-refractivity contribution in [2.24, 2.45) is 11.7 Å². The summed E-state index contributed by atoms with van der Waals surface area (Å²) < 4.78 is 0. The summed E-state index contributed by atoms with van der Waals surface area (Å²) in [6.45, 7) is 7.80. The van der Waals surface area contributed by atoms with E-state index in [2.05, 4.69) is 31.2 Å². The molecule has 3 nitrogen and oxygen atoms in total. The minimum Gasteiger partial charge on any atom is -0.329 e. The van der Waals surface area contributed by atoms with Crippen molar-refractivity contribution in [3.05, 3.63) is 0 Å². The molecule has 0 radical (unpaired) electrons. The second-order valence-corrected chi connectivity index (χ2v) is 6.30. The maximum atomic E-state index is 6.08. The Kier molecular flexibility index (Phi) is 4.11. The van der Waals surface area contributed by atoms with Crippen LogP contribution in [0.2, 0.25) is 0 Å². The van der Waals surface area contributed by atoms with Gasteiger partial charge < -0.3 is 5.73 Å². The molecule has 0 amide bonds. The fourth-order valence-corrected chi connectivity index (χ4v) is 3.66. The van der Waals surface area contributed by atoms with Gasteiger partial charge in [0.1, 0.15) is 0 Å². The van der Waals surface area contributed by atoms with Crippen LogP contribution in [0.5, 0.6) is 0 Å². The molecule has 0 spiro atoms. The largest absolute Gasteiger partial charge is 0.329 e. The van der Waals surface area contributed by atoms with Crippen LogP contribution in [0.15, 0.2) is 0 Å². The van der Waals surface area contributed by atoms with Crippen molar-refractivity contribution in [1.82, 2.24) is 10.4 Å². The molecule has 1 heterocycles. The minimum absolute atomic E-state index is 0.167. The Balaban J connectivity index is 2.07. The van der Waals surface area contributed by atoms with Gasteiger partial charge in [0.25, 0.3) is 0 Å². The number of nitrogens with two attached hydrogens (primary N) is 1. The van der Waals surface area contributed by atoms with Gasteiger partial charge in [-0.3, -0.25) is 0 Å². The monoisotopic (exact) mass is 239 g/mol. The van der Waals surface area contributed by atoms with Gasteiger partial charge in [-0.25, -0.2) is 10.4 Å². The van der Waals surface area contributed by atoms with Gasteiger partial charge in [-0.05, 0) is 45.4 Å². The van der Waals surface area contributed by atoms with Crippen molar-refractivity contribution >= 4 is 0 Å². The molecule has 1 aliphatic heterocycles. The molecule has 0 bridgehead atoms. The van der Waals surface area contributed by atoms with Crippen molar-refractivity contribution in [3.8, 4) is 0 Å². The van der Waals surface area contributed by atoms with Crippen LogP contribution in [0.4, 0.5) is 0 Å². The van der Waals surface area contributed by atoms with E-state index in [4.69, 9.17) is 5.73 Å². The SMILES string of the molecule is CC1CCCC(C)N1NC1(CN)CCCC1C. The first-order chi connectivity index (χ1) is 8.09. The third-order valence-corrected chi connectivity index (χ3v) is 5.11. The highest BCUT2D eigenvalue weighted by atomic mass is 15.6. The van der Waals surface area contributed by atoms with E-state index in [-0.39, 0.29) is 5.54 Å². The van der Waals surface area contributed by atoms with E-state index in [1.807, 2.05) is 0 Å². The number of hydrogen-bond donors (Lipinski definition) is 2. The number of rotatable bonds is 3. The maximum absolute atomic E-state index is 6.08. The Morgan fingerprint density at radius 3 is 2.24 bits per heavy atom. The van der Waals surface area contributed by atoms with Crippen LogP contribution in [-0.4, -0.2) is 29.2 Å². The molecule has 0 aromatic heterocycles. The van der Waals surface area contributed by atoms with Crippen LogP contribution in [0.1, 0.15) is 59.3 Å². The van der Waals surface area contributed by atoms with E-state index in [1.165, 1.54) is 38.5 Å². The first-order valence-corrected chi connectivity index (χ1v) is 7.35. The summed E-state index contributed by atoms with van der Waals surface area (Å²) in [5.74, 6) is 0.703. The molecule has 0 aromatic carbocycles. The van der Waals surface area contributed by atoms with Crippen LogP contribution in [0, 0.1) is 5.92 Å². The molecular weight excluding hydrogens is 210 g/mol. The van der Waals surface area contributed by atoms with E-state index in [1.54, 1.807) is 0 Å². The van der Waals surface area contributed by atoms with Crippen molar-refractivity contribution in [1.29, 1.82) is 0 Å². The van der Waals surface area contributed by atoms with Gasteiger partial charge in [-0.1, -0.05) is 19.8 Å². The summed E-state index contributed by atoms with van der Waals surface area (Å²) in [6.07, 6.45) is 7.87. The molecule has 2 fully saturated rings. The zero-order chi connectivity index (χ0) is 12.5. The van der Waals surface area contributed by atoms with Gasteiger partial charge in [-0.15, -0.1) is 0 Å². The summed E-state index contributed by atoms with van der Waals surface area (Å²) >= 11 is 0. The van der Waals surface area contributed by atoms with Crippen molar-refractivity contribution < 1.29 is 0 Å². The lowest BCUT2D eigenvalue weighted by Crippen LogP contribution is -2.64. The molecule has 4 atom stereocenters. The Labute approximate surface area is 106 Å². The molecule has 2 rings (SSSR count). The highest BCUT2D eigenvalue weighted by Gasteiger charge is 2.42. The number of nitrogens with zero attached hydrogens (tertiary/aromatic N) is 1. The molecule has 3 N–H and O–H groups in total. The van der Waals surface area contributed by atoms with Gasteiger partial charge in [0.05, 0.1) is 0 Å². The molecule has 0 aromatic rings. The molecule has 4 unspecified atom stereocenters. The summed E-state index contributed by atoms with van der Waals surface area (Å²) in [5, 5.41) is 2.50. The van der Waals surface area contributed by atoms with Crippen molar-refractivity contribution in [2.75, 3.05) is 6.54 Å². The topological polar surface area (TPSA) is 41.3 Å². The molecule has 1 saturated carbocycles. The normalized spacial score (nSPS) is 44.1. The van der Waals surface area contributed by atoms with Gasteiger partial charge in [0, 0.05) is 24.2 Å². The Bertz CT molecular complexity index is 246. The number of nitrogens with one attached hydrogen (secondary N) is 1. The van der Waals surface area contributed by atoms with Crippen molar-refractivity contribution in [3.63, 3.8) is 0 Å². The third kappa shape index (κ3) is 2.51. The van der Waals surface area contributed by atoms with E-state index in [0.717, 1.165) is 6.54 Å². The lowest BCUT2D eigenvalue weighted by atomic mass is 9.88. The minimum atomic E-state index is 0.167. The molecule has 1 saturated heterocycles. The highest BCUT2D eigenvalue weighted by Crippen LogP contribution is 2.36. The standard InChI is InChI=1S/C14H29N3/c1-11-6-5-9-14(11,10-15)16-17-12(2)7-4-8-13(17)3/h11-13,16H,4-10,15H2,1-3H3. The summed E-state index contributed by atoms with van der Waals surface area (Å²) in [6, 6.07) is 1.30. The molecule has 2 aliphatic rings. The lowest BCUT2D eigenvalue weighted by molar-refractivity contribution is -0.00775. The van der Waals surface area contributed by atoms with Gasteiger partial charge in [-0.2, -0.15) is 0 Å². The summed E-state index contributed by atoms with van der Waals surface area (Å²) in [5.41, 5.74) is 10.1. The van der Waals surface area contributed by atoms with Crippen LogP contribution < -0.4 is 11.2 Å². The molecule has 3 heteroatoms. The molecule has 100 valence electrons. The van der Waals surface area contributed by atoms with E-state index >= 15 is 0 Å². The average Bonchev–Trinajstić information content (AvgIpc) is 2.66. The smallest absolute Gasteiger partial charge is 0.0473 e. The van der Waals surface area contributed by atoms with E-state index in [0.29, 0.717) is 18.0 Å². The zero-order valence-electron chi connectivity index (χ0n) is 11.7. The Hall–Kier alpha value is -0.120.